The van der Waals surface area contributed by atoms with E-state index in [4.69, 9.17) is 0 Å². The van der Waals surface area contributed by atoms with Crippen molar-refractivity contribution in [1.82, 2.24) is 19.0 Å². The first-order valence-electron chi connectivity index (χ1n) is 8.47. The van der Waals surface area contributed by atoms with Crippen LogP contribution in [0.1, 0.15) is 12.1 Å². The van der Waals surface area contributed by atoms with E-state index in [2.05, 4.69) is 5.10 Å². The third kappa shape index (κ3) is 3.78. The molecule has 0 atom stereocenters. The summed E-state index contributed by atoms with van der Waals surface area (Å²) in [7, 11) is -3.27. The summed E-state index contributed by atoms with van der Waals surface area (Å²) in [6.45, 7) is 3.10. The van der Waals surface area contributed by atoms with Crippen molar-refractivity contribution in [3.05, 3.63) is 40.3 Å². The highest BCUT2D eigenvalue weighted by Gasteiger charge is 2.24. The Hall–Kier alpha value is -2.26. The van der Waals surface area contributed by atoms with E-state index < -0.39 is 10.0 Å². The zero-order valence-corrected chi connectivity index (χ0v) is 15.7. The highest BCUT2D eigenvalue weighted by molar-refractivity contribution is 7.88. The Labute approximate surface area is 152 Å². The third-order valence-corrected chi connectivity index (χ3v) is 5.92. The SMILES string of the molecule is Cc1nn(CC(=O)N2CCCN(S(C)(=O)=O)CC2)c(=O)c2ccccc12. The Morgan fingerprint density at radius 1 is 1.12 bits per heavy atom. The van der Waals surface area contributed by atoms with Crippen LogP contribution >= 0.6 is 0 Å². The Morgan fingerprint density at radius 2 is 1.81 bits per heavy atom. The van der Waals surface area contributed by atoms with Crippen molar-refractivity contribution in [2.75, 3.05) is 32.4 Å². The Bertz CT molecular complexity index is 999. The van der Waals surface area contributed by atoms with Crippen molar-refractivity contribution in [1.29, 1.82) is 0 Å². The zero-order valence-electron chi connectivity index (χ0n) is 14.9. The smallest absolute Gasteiger partial charge is 0.275 e. The number of rotatable bonds is 3. The average molecular weight is 378 g/mol. The molecule has 1 aromatic heterocycles. The number of aryl methyl sites for hydroxylation is 1. The fraction of sp³-hybridized carbons (Fsp3) is 0.471. The van der Waals surface area contributed by atoms with Gasteiger partial charge in [0.1, 0.15) is 6.54 Å². The molecule has 1 aliphatic rings. The molecule has 0 radical (unpaired) electrons. The van der Waals surface area contributed by atoms with Gasteiger partial charge in [-0.25, -0.2) is 17.4 Å². The van der Waals surface area contributed by atoms with Crippen molar-refractivity contribution in [2.24, 2.45) is 0 Å². The largest absolute Gasteiger partial charge is 0.340 e. The van der Waals surface area contributed by atoms with E-state index in [0.717, 1.165) is 5.39 Å². The van der Waals surface area contributed by atoms with Crippen LogP contribution in [-0.4, -0.2) is 65.7 Å². The molecular formula is C17H22N4O4S. The summed E-state index contributed by atoms with van der Waals surface area (Å²) in [5.74, 6) is -0.232. The second kappa shape index (κ2) is 7.16. The minimum Gasteiger partial charge on any atom is -0.340 e. The highest BCUT2D eigenvalue weighted by atomic mass is 32.2. The number of benzene rings is 1. The molecule has 0 spiro atoms. The number of hydrogen-bond acceptors (Lipinski definition) is 5. The summed E-state index contributed by atoms with van der Waals surface area (Å²) >= 11 is 0. The first kappa shape index (κ1) is 18.5. The number of sulfonamides is 1. The predicted octanol–water partition coefficient (Wildman–Crippen LogP) is 0.199. The van der Waals surface area contributed by atoms with Gasteiger partial charge in [-0.15, -0.1) is 0 Å². The molecular weight excluding hydrogens is 356 g/mol. The minimum absolute atomic E-state index is 0.149. The molecule has 26 heavy (non-hydrogen) atoms. The monoisotopic (exact) mass is 378 g/mol. The van der Waals surface area contributed by atoms with Gasteiger partial charge in [0, 0.05) is 31.6 Å². The quantitative estimate of drug-likeness (QED) is 0.761. The molecule has 0 saturated carbocycles. The molecule has 2 heterocycles. The predicted molar refractivity (Wildman–Crippen MR) is 98.4 cm³/mol. The van der Waals surface area contributed by atoms with Gasteiger partial charge in [-0.1, -0.05) is 18.2 Å². The molecule has 8 nitrogen and oxygen atoms in total. The number of amides is 1. The lowest BCUT2D eigenvalue weighted by Gasteiger charge is -2.21. The van der Waals surface area contributed by atoms with Gasteiger partial charge in [0.2, 0.25) is 15.9 Å². The molecule has 3 rings (SSSR count). The lowest BCUT2D eigenvalue weighted by Crippen LogP contribution is -2.40. The maximum absolute atomic E-state index is 12.6. The van der Waals surface area contributed by atoms with Gasteiger partial charge in [-0.2, -0.15) is 5.10 Å². The summed E-state index contributed by atoms with van der Waals surface area (Å²) in [4.78, 5) is 26.8. The van der Waals surface area contributed by atoms with E-state index in [1.807, 2.05) is 12.1 Å². The molecule has 0 bridgehead atoms. The van der Waals surface area contributed by atoms with E-state index in [0.29, 0.717) is 37.1 Å². The van der Waals surface area contributed by atoms with Gasteiger partial charge in [-0.3, -0.25) is 9.59 Å². The molecule has 9 heteroatoms. The van der Waals surface area contributed by atoms with Crippen molar-refractivity contribution in [3.63, 3.8) is 0 Å². The average Bonchev–Trinajstić information content (AvgIpc) is 2.85. The van der Waals surface area contributed by atoms with Crippen LogP contribution in [0.4, 0.5) is 0 Å². The van der Waals surface area contributed by atoms with Gasteiger partial charge in [0.05, 0.1) is 17.3 Å². The molecule has 0 aliphatic carbocycles. The molecule has 1 amide bonds. The number of hydrogen-bond donors (Lipinski definition) is 0. The molecule has 1 fully saturated rings. The normalized spacial score (nSPS) is 16.6. The van der Waals surface area contributed by atoms with Gasteiger partial charge < -0.3 is 4.90 Å². The fourth-order valence-corrected chi connectivity index (χ4v) is 4.09. The van der Waals surface area contributed by atoms with Crippen LogP contribution in [0.2, 0.25) is 0 Å². The Kier molecular flexibility index (Phi) is 5.10. The van der Waals surface area contributed by atoms with Crippen molar-refractivity contribution >= 4 is 26.7 Å². The first-order chi connectivity index (χ1) is 12.3. The van der Waals surface area contributed by atoms with Crippen molar-refractivity contribution in [3.8, 4) is 0 Å². The molecule has 1 saturated heterocycles. The number of fused-ring (bicyclic) bond motifs is 1. The Balaban J connectivity index is 1.79. The number of aromatic nitrogens is 2. The molecule has 0 unspecified atom stereocenters. The molecule has 1 aliphatic heterocycles. The van der Waals surface area contributed by atoms with Crippen molar-refractivity contribution in [2.45, 2.75) is 19.9 Å². The van der Waals surface area contributed by atoms with Crippen LogP contribution in [0, 0.1) is 6.92 Å². The molecule has 140 valence electrons. The summed E-state index contributed by atoms with van der Waals surface area (Å²) < 4.78 is 25.9. The van der Waals surface area contributed by atoms with Gasteiger partial charge in [-0.05, 0) is 19.4 Å². The van der Waals surface area contributed by atoms with E-state index in [9.17, 15) is 18.0 Å². The first-order valence-corrected chi connectivity index (χ1v) is 10.3. The van der Waals surface area contributed by atoms with Crippen LogP contribution in [-0.2, 0) is 21.4 Å². The maximum atomic E-state index is 12.6. The summed E-state index contributed by atoms with van der Waals surface area (Å²) in [6.07, 6.45) is 1.74. The highest BCUT2D eigenvalue weighted by Crippen LogP contribution is 2.12. The Morgan fingerprint density at radius 3 is 2.50 bits per heavy atom. The third-order valence-electron chi connectivity index (χ3n) is 4.61. The van der Waals surface area contributed by atoms with Crippen molar-refractivity contribution < 1.29 is 13.2 Å². The number of nitrogens with zero attached hydrogens (tertiary/aromatic N) is 4. The van der Waals surface area contributed by atoms with E-state index in [-0.39, 0.29) is 24.6 Å². The lowest BCUT2D eigenvalue weighted by atomic mass is 10.1. The number of carbonyl (C=O) groups excluding carboxylic acids is 1. The van der Waals surface area contributed by atoms with Crippen LogP contribution in [0.5, 0.6) is 0 Å². The second-order valence-electron chi connectivity index (χ2n) is 6.49. The maximum Gasteiger partial charge on any atom is 0.275 e. The fourth-order valence-electron chi connectivity index (χ4n) is 3.21. The van der Waals surface area contributed by atoms with Crippen LogP contribution < -0.4 is 5.56 Å². The molecule has 2 aromatic rings. The lowest BCUT2D eigenvalue weighted by molar-refractivity contribution is -0.131. The topological polar surface area (TPSA) is 92.6 Å². The molecule has 0 N–H and O–H groups in total. The van der Waals surface area contributed by atoms with Gasteiger partial charge in [0.15, 0.2) is 0 Å². The zero-order chi connectivity index (χ0) is 18.9. The minimum atomic E-state index is -3.27. The van der Waals surface area contributed by atoms with Gasteiger partial charge >= 0.3 is 0 Å². The van der Waals surface area contributed by atoms with E-state index in [1.165, 1.54) is 15.2 Å². The van der Waals surface area contributed by atoms with Crippen LogP contribution in [0.25, 0.3) is 10.8 Å². The summed E-state index contributed by atoms with van der Waals surface area (Å²) in [5, 5.41) is 5.58. The standard InChI is InChI=1S/C17H22N4O4S/c1-13-14-6-3-4-7-15(14)17(23)21(18-13)12-16(22)19-8-5-9-20(11-10-19)26(2,24)25/h3-4,6-7H,5,8-12H2,1-2H3. The van der Waals surface area contributed by atoms with E-state index in [1.54, 1.807) is 24.0 Å². The van der Waals surface area contributed by atoms with Crippen LogP contribution in [0.3, 0.4) is 0 Å². The summed E-state index contributed by atoms with van der Waals surface area (Å²) in [5.41, 5.74) is 0.388. The number of carbonyl (C=O) groups is 1. The second-order valence-corrected chi connectivity index (χ2v) is 8.47. The van der Waals surface area contributed by atoms with E-state index >= 15 is 0 Å². The summed E-state index contributed by atoms with van der Waals surface area (Å²) in [6, 6.07) is 7.18. The molecule has 1 aromatic carbocycles. The van der Waals surface area contributed by atoms with Gasteiger partial charge in [0.25, 0.3) is 5.56 Å². The van der Waals surface area contributed by atoms with Crippen LogP contribution in [0.15, 0.2) is 29.1 Å².